The average molecular weight is 318 g/mol. The molecule has 0 spiro atoms. The van der Waals surface area contributed by atoms with E-state index in [-0.39, 0.29) is 17.9 Å². The lowest BCUT2D eigenvalue weighted by Gasteiger charge is -2.35. The molecule has 1 amide bonds. The summed E-state index contributed by atoms with van der Waals surface area (Å²) in [6, 6.07) is 8.34. The lowest BCUT2D eigenvalue weighted by Crippen LogP contribution is -2.45. The first-order chi connectivity index (χ1) is 11.3. The first-order valence-electron chi connectivity index (χ1n) is 8.51. The lowest BCUT2D eigenvalue weighted by molar-refractivity contribution is -0.127. The Morgan fingerprint density at radius 1 is 1.30 bits per heavy atom. The quantitative estimate of drug-likeness (QED) is 0.871. The van der Waals surface area contributed by atoms with Crippen molar-refractivity contribution in [2.75, 3.05) is 40.0 Å². The van der Waals surface area contributed by atoms with Crippen molar-refractivity contribution < 1.29 is 14.3 Å². The summed E-state index contributed by atoms with van der Waals surface area (Å²) in [4.78, 5) is 14.6. The fourth-order valence-corrected chi connectivity index (χ4v) is 3.19. The number of rotatable bonds is 6. The molecule has 2 fully saturated rings. The number of nitrogens with one attached hydrogen (secondary N) is 1. The van der Waals surface area contributed by atoms with E-state index in [2.05, 4.69) is 22.3 Å². The fraction of sp³-hybridized carbons (Fsp3) is 0.611. The van der Waals surface area contributed by atoms with Gasteiger partial charge in [-0.15, -0.1) is 0 Å². The number of hydrogen-bond acceptors (Lipinski definition) is 4. The number of amides is 1. The first-order valence-corrected chi connectivity index (χ1v) is 8.51. The highest BCUT2D eigenvalue weighted by molar-refractivity contribution is 5.79. The number of carbonyl (C=O) groups excluding carboxylic acids is 1. The van der Waals surface area contributed by atoms with Gasteiger partial charge in [-0.3, -0.25) is 9.69 Å². The van der Waals surface area contributed by atoms with E-state index >= 15 is 0 Å². The molecule has 1 aromatic rings. The van der Waals surface area contributed by atoms with Gasteiger partial charge in [-0.1, -0.05) is 18.6 Å². The number of carbonyl (C=O) groups is 1. The zero-order valence-electron chi connectivity index (χ0n) is 13.8. The zero-order valence-corrected chi connectivity index (χ0v) is 13.8. The third-order valence-electron chi connectivity index (χ3n) is 4.93. The van der Waals surface area contributed by atoms with Crippen LogP contribution in [0.25, 0.3) is 0 Å². The Morgan fingerprint density at radius 2 is 2.00 bits per heavy atom. The van der Waals surface area contributed by atoms with Crippen LogP contribution < -0.4 is 10.1 Å². The minimum atomic E-state index is 0.189. The van der Waals surface area contributed by atoms with Gasteiger partial charge < -0.3 is 14.8 Å². The van der Waals surface area contributed by atoms with Crippen molar-refractivity contribution in [3.63, 3.8) is 0 Å². The van der Waals surface area contributed by atoms with E-state index in [0.717, 1.165) is 44.9 Å². The molecule has 23 heavy (non-hydrogen) atoms. The molecule has 0 bridgehead atoms. The van der Waals surface area contributed by atoms with E-state index in [4.69, 9.17) is 9.47 Å². The number of morpholine rings is 1. The van der Waals surface area contributed by atoms with Crippen LogP contribution in [-0.4, -0.2) is 50.8 Å². The van der Waals surface area contributed by atoms with E-state index < -0.39 is 0 Å². The monoisotopic (exact) mass is 318 g/mol. The third kappa shape index (κ3) is 4.03. The number of methoxy groups -OCH3 is 1. The van der Waals surface area contributed by atoms with E-state index in [1.54, 1.807) is 7.11 Å². The molecule has 1 saturated carbocycles. The van der Waals surface area contributed by atoms with Crippen LogP contribution in [0.5, 0.6) is 5.75 Å². The summed E-state index contributed by atoms with van der Waals surface area (Å²) in [6.07, 6.45) is 3.26. The smallest absolute Gasteiger partial charge is 0.223 e. The summed E-state index contributed by atoms with van der Waals surface area (Å²) in [6.45, 7) is 3.96. The molecule has 0 aromatic heterocycles. The van der Waals surface area contributed by atoms with Crippen molar-refractivity contribution in [2.24, 2.45) is 5.92 Å². The van der Waals surface area contributed by atoms with Gasteiger partial charge in [-0.05, 0) is 30.5 Å². The SMILES string of the molecule is COc1ccc([C@@H](CNC(=O)C2CCC2)N2CCOCC2)cc1. The van der Waals surface area contributed by atoms with Crippen LogP contribution in [0, 0.1) is 5.92 Å². The van der Waals surface area contributed by atoms with Crippen LogP contribution in [-0.2, 0) is 9.53 Å². The second kappa shape index (κ2) is 7.79. The molecule has 2 aliphatic rings. The standard InChI is InChI=1S/C18H26N2O3/c1-22-16-7-5-14(6-8-16)17(20-9-11-23-12-10-20)13-19-18(21)15-3-2-4-15/h5-8,15,17H,2-4,9-13H2,1H3,(H,19,21)/t17-/m1/s1. The molecule has 1 aromatic carbocycles. The van der Waals surface area contributed by atoms with Gasteiger partial charge in [0.1, 0.15) is 5.75 Å². The Bertz CT molecular complexity index is 508. The first kappa shape index (κ1) is 16.3. The second-order valence-corrected chi connectivity index (χ2v) is 6.31. The van der Waals surface area contributed by atoms with Crippen molar-refractivity contribution in [2.45, 2.75) is 25.3 Å². The lowest BCUT2D eigenvalue weighted by atomic mass is 9.85. The number of hydrogen-bond donors (Lipinski definition) is 1. The fourth-order valence-electron chi connectivity index (χ4n) is 3.19. The maximum absolute atomic E-state index is 12.2. The number of benzene rings is 1. The van der Waals surface area contributed by atoms with Gasteiger partial charge in [-0.25, -0.2) is 0 Å². The van der Waals surface area contributed by atoms with Crippen LogP contribution in [0.4, 0.5) is 0 Å². The molecular weight excluding hydrogens is 292 g/mol. The van der Waals surface area contributed by atoms with E-state index in [9.17, 15) is 4.79 Å². The summed E-state index contributed by atoms with van der Waals surface area (Å²) in [7, 11) is 1.67. The molecule has 0 radical (unpaired) electrons. The molecule has 1 atom stereocenters. The molecule has 1 N–H and O–H groups in total. The normalized spacial score (nSPS) is 20.6. The molecule has 126 valence electrons. The summed E-state index contributed by atoms with van der Waals surface area (Å²) in [5.74, 6) is 1.30. The Labute approximate surface area is 137 Å². The number of nitrogens with zero attached hydrogens (tertiary/aromatic N) is 1. The maximum atomic E-state index is 12.2. The predicted octanol–water partition coefficient (Wildman–Crippen LogP) is 1.98. The predicted molar refractivity (Wildman–Crippen MR) is 88.5 cm³/mol. The summed E-state index contributed by atoms with van der Waals surface area (Å²) < 4.78 is 10.7. The van der Waals surface area contributed by atoms with Gasteiger partial charge in [0.2, 0.25) is 5.91 Å². The maximum Gasteiger partial charge on any atom is 0.223 e. The van der Waals surface area contributed by atoms with Gasteiger partial charge in [0, 0.05) is 25.6 Å². The topological polar surface area (TPSA) is 50.8 Å². The molecule has 0 unspecified atom stereocenters. The summed E-state index contributed by atoms with van der Waals surface area (Å²) in [5.41, 5.74) is 1.21. The summed E-state index contributed by atoms with van der Waals surface area (Å²) in [5, 5.41) is 3.16. The van der Waals surface area contributed by atoms with Gasteiger partial charge >= 0.3 is 0 Å². The highest BCUT2D eigenvalue weighted by Crippen LogP contribution is 2.27. The van der Waals surface area contributed by atoms with Gasteiger partial charge in [0.25, 0.3) is 0 Å². The Hall–Kier alpha value is -1.59. The minimum absolute atomic E-state index is 0.189. The van der Waals surface area contributed by atoms with Crippen molar-refractivity contribution >= 4 is 5.91 Å². The third-order valence-corrected chi connectivity index (χ3v) is 4.93. The highest BCUT2D eigenvalue weighted by Gasteiger charge is 2.27. The van der Waals surface area contributed by atoms with Gasteiger partial charge in [0.05, 0.1) is 26.4 Å². The highest BCUT2D eigenvalue weighted by atomic mass is 16.5. The van der Waals surface area contributed by atoms with Crippen molar-refractivity contribution in [1.82, 2.24) is 10.2 Å². The minimum Gasteiger partial charge on any atom is -0.497 e. The van der Waals surface area contributed by atoms with Crippen molar-refractivity contribution in [3.8, 4) is 5.75 Å². The molecular formula is C18H26N2O3. The summed E-state index contributed by atoms with van der Waals surface area (Å²) >= 11 is 0. The Kier molecular flexibility index (Phi) is 5.51. The van der Waals surface area contributed by atoms with Crippen LogP contribution in [0.15, 0.2) is 24.3 Å². The Morgan fingerprint density at radius 3 is 2.57 bits per heavy atom. The van der Waals surface area contributed by atoms with E-state index in [1.807, 2.05) is 12.1 Å². The Balaban J connectivity index is 1.67. The van der Waals surface area contributed by atoms with Crippen LogP contribution in [0.3, 0.4) is 0 Å². The molecule has 1 aliphatic carbocycles. The van der Waals surface area contributed by atoms with Crippen LogP contribution >= 0.6 is 0 Å². The molecule has 1 heterocycles. The van der Waals surface area contributed by atoms with Crippen LogP contribution in [0.1, 0.15) is 30.9 Å². The largest absolute Gasteiger partial charge is 0.497 e. The van der Waals surface area contributed by atoms with Gasteiger partial charge in [-0.2, -0.15) is 0 Å². The molecule has 3 rings (SSSR count). The van der Waals surface area contributed by atoms with Crippen LogP contribution in [0.2, 0.25) is 0 Å². The second-order valence-electron chi connectivity index (χ2n) is 6.31. The van der Waals surface area contributed by atoms with Gasteiger partial charge in [0.15, 0.2) is 0 Å². The molecule has 1 saturated heterocycles. The van der Waals surface area contributed by atoms with E-state index in [0.29, 0.717) is 6.54 Å². The van der Waals surface area contributed by atoms with Crippen molar-refractivity contribution in [1.29, 1.82) is 0 Å². The molecule has 5 heteroatoms. The van der Waals surface area contributed by atoms with E-state index in [1.165, 1.54) is 12.0 Å². The molecule has 1 aliphatic heterocycles. The number of ether oxygens (including phenoxy) is 2. The average Bonchev–Trinajstić information content (AvgIpc) is 2.55. The zero-order chi connectivity index (χ0) is 16.1. The molecule has 5 nitrogen and oxygen atoms in total. The van der Waals surface area contributed by atoms with Crippen molar-refractivity contribution in [3.05, 3.63) is 29.8 Å².